The van der Waals surface area contributed by atoms with Gasteiger partial charge in [-0.2, -0.15) is 0 Å². The number of nitrogens with one attached hydrogen (secondary N) is 1. The molecule has 1 aromatic heterocycles. The number of β-lactam (4-membered cyclic amide) rings is 1. The SMILES string of the molecule is NC(=O)c1ccc[n+](CC2=C(C(=O)O)N3C(=O)[C@H](NC(=O)CSc4cc(Cl)ccc4Cl)[C@H]3SC2)c1. The summed E-state index contributed by atoms with van der Waals surface area (Å²) in [5.41, 5.74) is 6.00. The summed E-state index contributed by atoms with van der Waals surface area (Å²) < 4.78 is 1.64. The van der Waals surface area contributed by atoms with Crippen molar-refractivity contribution >= 4 is 70.4 Å². The number of primary amides is 1. The minimum absolute atomic E-state index is 0.0148. The van der Waals surface area contributed by atoms with Gasteiger partial charge in [0.2, 0.25) is 5.91 Å². The highest BCUT2D eigenvalue weighted by Gasteiger charge is 2.54. The van der Waals surface area contributed by atoms with Crippen LogP contribution in [0.25, 0.3) is 0 Å². The standard InChI is InChI=1S/C22H18Cl2N4O5S2/c23-13-3-4-14(24)15(6-13)34-10-16(29)26-17-20(31)28-18(22(32)33)12(9-35-21(17)28)8-27-5-1-2-11(7-27)19(25)30/h1-7,17,21H,8-10H2,(H3-,25,26,29,30,32,33)/p+1/t17-,21+/m0/s1. The van der Waals surface area contributed by atoms with Crippen molar-refractivity contribution in [3.05, 3.63) is 69.6 Å². The van der Waals surface area contributed by atoms with Gasteiger partial charge in [-0.25, -0.2) is 9.36 Å². The van der Waals surface area contributed by atoms with E-state index in [0.29, 0.717) is 26.3 Å². The summed E-state index contributed by atoms with van der Waals surface area (Å²) in [5.74, 6) is -2.36. The summed E-state index contributed by atoms with van der Waals surface area (Å²) >= 11 is 14.6. The number of carbonyl (C=O) groups excluding carboxylic acids is 3. The van der Waals surface area contributed by atoms with Gasteiger partial charge in [-0.15, -0.1) is 23.5 Å². The summed E-state index contributed by atoms with van der Waals surface area (Å²) in [5, 5.41) is 13.0. The lowest BCUT2D eigenvalue weighted by molar-refractivity contribution is -0.689. The van der Waals surface area contributed by atoms with Crippen LogP contribution in [-0.4, -0.2) is 56.6 Å². The molecule has 13 heteroatoms. The number of rotatable bonds is 8. The van der Waals surface area contributed by atoms with Crippen LogP contribution in [0, 0.1) is 0 Å². The van der Waals surface area contributed by atoms with Gasteiger partial charge >= 0.3 is 5.97 Å². The Morgan fingerprint density at radius 2 is 2.06 bits per heavy atom. The number of aliphatic carboxylic acids is 1. The fraction of sp³-hybridized carbons (Fsp3) is 0.227. The molecule has 4 N–H and O–H groups in total. The number of hydrogen-bond acceptors (Lipinski definition) is 6. The van der Waals surface area contributed by atoms with Crippen LogP contribution in [0.3, 0.4) is 0 Å². The Morgan fingerprint density at radius 1 is 1.29 bits per heavy atom. The van der Waals surface area contributed by atoms with Crippen LogP contribution in [0.15, 0.2) is 58.9 Å². The number of amides is 3. The molecule has 0 saturated carbocycles. The number of pyridine rings is 1. The quantitative estimate of drug-likeness (QED) is 0.258. The number of thioether (sulfide) groups is 2. The van der Waals surface area contributed by atoms with Gasteiger partial charge in [-0.3, -0.25) is 19.3 Å². The van der Waals surface area contributed by atoms with Crippen LogP contribution < -0.4 is 15.6 Å². The highest BCUT2D eigenvalue weighted by molar-refractivity contribution is 8.00. The molecule has 1 fully saturated rings. The monoisotopic (exact) mass is 553 g/mol. The molecule has 2 aromatic rings. The van der Waals surface area contributed by atoms with Crippen LogP contribution >= 0.6 is 46.7 Å². The molecule has 2 atom stereocenters. The highest BCUT2D eigenvalue weighted by atomic mass is 35.5. The molecule has 0 radical (unpaired) electrons. The van der Waals surface area contributed by atoms with E-state index >= 15 is 0 Å². The largest absolute Gasteiger partial charge is 0.477 e. The number of nitrogens with zero attached hydrogens (tertiary/aromatic N) is 2. The molecule has 3 heterocycles. The minimum atomic E-state index is -1.23. The van der Waals surface area contributed by atoms with Gasteiger partial charge in [0.1, 0.15) is 22.7 Å². The maximum atomic E-state index is 12.8. The first-order chi connectivity index (χ1) is 16.7. The number of aromatic nitrogens is 1. The first-order valence-electron chi connectivity index (χ1n) is 10.2. The predicted molar refractivity (Wildman–Crippen MR) is 132 cm³/mol. The molecule has 0 spiro atoms. The molecule has 1 saturated heterocycles. The molecule has 182 valence electrons. The third-order valence-electron chi connectivity index (χ3n) is 5.33. The lowest BCUT2D eigenvalue weighted by Gasteiger charge is -2.49. The van der Waals surface area contributed by atoms with Crippen molar-refractivity contribution in [3.63, 3.8) is 0 Å². The number of hydrogen-bond donors (Lipinski definition) is 3. The average Bonchev–Trinajstić information content (AvgIpc) is 2.82. The van der Waals surface area contributed by atoms with Crippen molar-refractivity contribution in [1.82, 2.24) is 10.2 Å². The van der Waals surface area contributed by atoms with Crippen LogP contribution in [0.1, 0.15) is 10.4 Å². The van der Waals surface area contributed by atoms with Crippen LogP contribution in [0.5, 0.6) is 0 Å². The number of carboxylic acid groups (broad SMARTS) is 1. The van der Waals surface area contributed by atoms with Crippen molar-refractivity contribution in [2.24, 2.45) is 5.73 Å². The molecule has 1 aromatic carbocycles. The Labute approximate surface area is 218 Å². The van der Waals surface area contributed by atoms with Crippen molar-refractivity contribution in [2.45, 2.75) is 22.9 Å². The zero-order valence-corrected chi connectivity index (χ0v) is 21.1. The van der Waals surface area contributed by atoms with E-state index in [1.807, 2.05) is 0 Å². The van der Waals surface area contributed by atoms with Crippen molar-refractivity contribution in [1.29, 1.82) is 0 Å². The van der Waals surface area contributed by atoms with E-state index in [1.54, 1.807) is 41.1 Å². The molecule has 0 unspecified atom stereocenters. The van der Waals surface area contributed by atoms with E-state index in [9.17, 15) is 24.3 Å². The summed E-state index contributed by atoms with van der Waals surface area (Å²) in [6, 6.07) is 7.29. The molecule has 35 heavy (non-hydrogen) atoms. The second kappa shape index (κ2) is 10.5. The number of halogens is 2. The Hall–Kier alpha value is -2.73. The fourth-order valence-electron chi connectivity index (χ4n) is 3.74. The van der Waals surface area contributed by atoms with E-state index in [1.165, 1.54) is 34.6 Å². The predicted octanol–water partition coefficient (Wildman–Crippen LogP) is 1.91. The molecular weight excluding hydrogens is 535 g/mol. The summed E-state index contributed by atoms with van der Waals surface area (Å²) in [7, 11) is 0. The zero-order valence-electron chi connectivity index (χ0n) is 17.9. The average molecular weight is 554 g/mol. The van der Waals surface area contributed by atoms with Gasteiger partial charge in [0, 0.05) is 27.3 Å². The third kappa shape index (κ3) is 5.43. The van der Waals surface area contributed by atoms with Crippen molar-refractivity contribution < 1.29 is 28.9 Å². The van der Waals surface area contributed by atoms with Crippen LogP contribution in [0.4, 0.5) is 0 Å². The van der Waals surface area contributed by atoms with Crippen LogP contribution in [0.2, 0.25) is 10.0 Å². The van der Waals surface area contributed by atoms with E-state index in [-0.39, 0.29) is 29.5 Å². The Balaban J connectivity index is 1.44. The molecule has 2 aliphatic rings. The van der Waals surface area contributed by atoms with E-state index in [4.69, 9.17) is 28.9 Å². The van der Waals surface area contributed by atoms with Gasteiger partial charge in [0.05, 0.1) is 10.8 Å². The second-order valence-electron chi connectivity index (χ2n) is 7.70. The highest BCUT2D eigenvalue weighted by Crippen LogP contribution is 2.40. The topological polar surface area (TPSA) is 134 Å². The summed E-state index contributed by atoms with van der Waals surface area (Å²) in [4.78, 5) is 50.7. The maximum absolute atomic E-state index is 12.8. The van der Waals surface area contributed by atoms with Crippen LogP contribution in [-0.2, 0) is 20.9 Å². The molecule has 2 aliphatic heterocycles. The van der Waals surface area contributed by atoms with Gasteiger partial charge in [-0.1, -0.05) is 23.2 Å². The van der Waals surface area contributed by atoms with Gasteiger partial charge in [0.15, 0.2) is 18.9 Å². The first-order valence-corrected chi connectivity index (χ1v) is 13.0. The number of benzene rings is 1. The van der Waals surface area contributed by atoms with Gasteiger partial charge in [-0.05, 0) is 24.3 Å². The Bertz CT molecular complexity index is 1270. The molecule has 0 aliphatic carbocycles. The summed E-state index contributed by atoms with van der Waals surface area (Å²) in [6.45, 7) is 0.167. The lowest BCUT2D eigenvalue weighted by atomic mass is 10.0. The summed E-state index contributed by atoms with van der Waals surface area (Å²) in [6.07, 6.45) is 3.21. The molecule has 0 bridgehead atoms. The maximum Gasteiger partial charge on any atom is 0.352 e. The first kappa shape index (κ1) is 25.4. The number of fused-ring (bicyclic) bond motifs is 1. The number of carbonyl (C=O) groups is 4. The fourth-order valence-corrected chi connectivity index (χ4v) is 6.38. The zero-order chi connectivity index (χ0) is 25.3. The lowest BCUT2D eigenvalue weighted by Crippen LogP contribution is -2.71. The smallest absolute Gasteiger partial charge is 0.352 e. The third-order valence-corrected chi connectivity index (χ3v) is 8.41. The normalized spacial score (nSPS) is 19.1. The Kier molecular flexibility index (Phi) is 7.60. The van der Waals surface area contributed by atoms with Crippen molar-refractivity contribution in [3.8, 4) is 0 Å². The molecular formula is C22H19Cl2N4O5S2+. The van der Waals surface area contributed by atoms with E-state index < -0.39 is 29.2 Å². The number of nitrogens with two attached hydrogens (primary N) is 1. The second-order valence-corrected chi connectivity index (χ2v) is 10.7. The van der Waals surface area contributed by atoms with E-state index in [0.717, 1.165) is 0 Å². The van der Waals surface area contributed by atoms with Crippen molar-refractivity contribution in [2.75, 3.05) is 11.5 Å². The molecule has 3 amide bonds. The minimum Gasteiger partial charge on any atom is -0.477 e. The van der Waals surface area contributed by atoms with Gasteiger partial charge < -0.3 is 16.2 Å². The van der Waals surface area contributed by atoms with E-state index in [2.05, 4.69) is 5.32 Å². The van der Waals surface area contributed by atoms with Gasteiger partial charge in [0.25, 0.3) is 11.8 Å². The molecule has 4 rings (SSSR count). The molecule has 9 nitrogen and oxygen atoms in total. The number of carboxylic acids is 1. The Morgan fingerprint density at radius 3 is 2.77 bits per heavy atom.